The molecule has 1 aliphatic rings. The summed E-state index contributed by atoms with van der Waals surface area (Å²) in [5, 5.41) is 5.06. The van der Waals surface area contributed by atoms with Gasteiger partial charge in [0.15, 0.2) is 0 Å². The molecule has 1 amide bonds. The second kappa shape index (κ2) is 6.45. The minimum Gasteiger partial charge on any atom is -0.334 e. The molecule has 0 radical (unpaired) electrons. The molecular weight excluding hydrogens is 386 g/mol. The van der Waals surface area contributed by atoms with Gasteiger partial charge in [-0.3, -0.25) is 4.79 Å². The van der Waals surface area contributed by atoms with E-state index in [9.17, 15) is 22.4 Å². The van der Waals surface area contributed by atoms with Crippen LogP contribution in [0.5, 0.6) is 0 Å². The highest BCUT2D eigenvalue weighted by atomic mass is 32.1. The summed E-state index contributed by atoms with van der Waals surface area (Å²) in [4.78, 5) is 18.4. The van der Waals surface area contributed by atoms with E-state index in [4.69, 9.17) is 0 Å². The number of rotatable bonds is 2. The Balaban J connectivity index is 1.63. The summed E-state index contributed by atoms with van der Waals surface area (Å²) in [7, 11) is 0. The van der Waals surface area contributed by atoms with E-state index in [1.165, 1.54) is 34.4 Å². The first-order valence-corrected chi connectivity index (χ1v) is 8.77. The van der Waals surface area contributed by atoms with Crippen molar-refractivity contribution in [1.29, 1.82) is 0 Å². The zero-order chi connectivity index (χ0) is 19.2. The molecule has 5 nitrogen and oxygen atoms in total. The van der Waals surface area contributed by atoms with E-state index in [1.54, 1.807) is 11.4 Å². The SMILES string of the molecule is O=C(c1ccccc1F)N1CCc2scc(-c3noc(C(F)(F)F)n3)c2C1. The first-order chi connectivity index (χ1) is 12.8. The Kier molecular flexibility index (Phi) is 4.22. The molecule has 0 aliphatic carbocycles. The summed E-state index contributed by atoms with van der Waals surface area (Å²) in [6, 6.07) is 5.67. The van der Waals surface area contributed by atoms with Crippen molar-refractivity contribution in [2.24, 2.45) is 0 Å². The fourth-order valence-corrected chi connectivity index (χ4v) is 3.96. The lowest BCUT2D eigenvalue weighted by atomic mass is 10.0. The van der Waals surface area contributed by atoms with Crippen molar-refractivity contribution in [2.75, 3.05) is 6.54 Å². The van der Waals surface area contributed by atoms with Crippen molar-refractivity contribution in [3.8, 4) is 11.4 Å². The van der Waals surface area contributed by atoms with Crippen LogP contribution in [0.2, 0.25) is 0 Å². The van der Waals surface area contributed by atoms with Crippen molar-refractivity contribution in [2.45, 2.75) is 19.1 Å². The predicted molar refractivity (Wildman–Crippen MR) is 87.5 cm³/mol. The van der Waals surface area contributed by atoms with Gasteiger partial charge in [-0.25, -0.2) is 4.39 Å². The van der Waals surface area contributed by atoms with Crippen LogP contribution in [-0.4, -0.2) is 27.5 Å². The van der Waals surface area contributed by atoms with Gasteiger partial charge in [0.1, 0.15) is 5.82 Å². The molecule has 2 aromatic heterocycles. The molecule has 140 valence electrons. The molecule has 3 heterocycles. The van der Waals surface area contributed by atoms with Gasteiger partial charge in [0.05, 0.1) is 5.56 Å². The number of aromatic nitrogens is 2. The number of alkyl halides is 3. The smallest absolute Gasteiger partial charge is 0.334 e. The van der Waals surface area contributed by atoms with E-state index in [0.29, 0.717) is 24.1 Å². The lowest BCUT2D eigenvalue weighted by Gasteiger charge is -2.27. The second-order valence-corrected chi connectivity index (χ2v) is 6.89. The van der Waals surface area contributed by atoms with Crippen LogP contribution in [0.1, 0.15) is 26.7 Å². The summed E-state index contributed by atoms with van der Waals surface area (Å²) < 4.78 is 56.3. The molecule has 0 N–H and O–H groups in total. The fraction of sp³-hybridized carbons (Fsp3) is 0.235. The maximum Gasteiger partial charge on any atom is 0.471 e. The fourth-order valence-electron chi connectivity index (χ4n) is 2.93. The Bertz CT molecular complexity index is 1010. The zero-order valence-electron chi connectivity index (χ0n) is 13.6. The molecule has 0 bridgehead atoms. The summed E-state index contributed by atoms with van der Waals surface area (Å²) in [5.41, 5.74) is 1.00. The largest absolute Gasteiger partial charge is 0.471 e. The highest BCUT2D eigenvalue weighted by Crippen LogP contribution is 2.36. The van der Waals surface area contributed by atoms with Crippen LogP contribution < -0.4 is 0 Å². The van der Waals surface area contributed by atoms with Crippen LogP contribution in [0, 0.1) is 5.82 Å². The Morgan fingerprint density at radius 2 is 2.04 bits per heavy atom. The number of benzene rings is 1. The number of nitrogens with zero attached hydrogens (tertiary/aromatic N) is 3. The van der Waals surface area contributed by atoms with E-state index in [0.717, 1.165) is 4.88 Å². The minimum atomic E-state index is -4.73. The van der Waals surface area contributed by atoms with E-state index >= 15 is 0 Å². The number of carbonyl (C=O) groups is 1. The molecule has 0 saturated carbocycles. The highest BCUT2D eigenvalue weighted by Gasteiger charge is 2.39. The zero-order valence-corrected chi connectivity index (χ0v) is 14.4. The topological polar surface area (TPSA) is 59.2 Å². The number of fused-ring (bicyclic) bond motifs is 1. The molecule has 0 spiro atoms. The summed E-state index contributed by atoms with van der Waals surface area (Å²) >= 11 is 1.36. The monoisotopic (exact) mass is 397 g/mol. The molecule has 0 fully saturated rings. The number of carbonyl (C=O) groups excluding carboxylic acids is 1. The van der Waals surface area contributed by atoms with Crippen LogP contribution in [0.3, 0.4) is 0 Å². The quantitative estimate of drug-likeness (QED) is 0.610. The van der Waals surface area contributed by atoms with Crippen molar-refractivity contribution < 1.29 is 26.9 Å². The molecule has 27 heavy (non-hydrogen) atoms. The normalized spacial score (nSPS) is 14.3. The average molecular weight is 397 g/mol. The Labute approximate surface area is 154 Å². The summed E-state index contributed by atoms with van der Waals surface area (Å²) in [6.07, 6.45) is -4.21. The molecule has 1 aliphatic heterocycles. The first-order valence-electron chi connectivity index (χ1n) is 7.89. The van der Waals surface area contributed by atoms with Gasteiger partial charge in [0, 0.05) is 28.9 Å². The molecule has 3 aromatic rings. The van der Waals surface area contributed by atoms with Gasteiger partial charge < -0.3 is 9.42 Å². The molecule has 4 rings (SSSR count). The number of thiophene rings is 1. The third-order valence-corrected chi connectivity index (χ3v) is 5.33. The van der Waals surface area contributed by atoms with Gasteiger partial charge in [-0.2, -0.15) is 18.2 Å². The molecule has 0 saturated heterocycles. The Morgan fingerprint density at radius 1 is 1.26 bits per heavy atom. The second-order valence-electron chi connectivity index (χ2n) is 5.93. The van der Waals surface area contributed by atoms with E-state index in [2.05, 4.69) is 14.7 Å². The van der Waals surface area contributed by atoms with E-state index in [1.807, 2.05) is 0 Å². The van der Waals surface area contributed by atoms with Crippen LogP contribution >= 0.6 is 11.3 Å². The van der Waals surface area contributed by atoms with E-state index in [-0.39, 0.29) is 17.9 Å². The van der Waals surface area contributed by atoms with Gasteiger partial charge in [0.25, 0.3) is 5.91 Å². The Hall–Kier alpha value is -2.75. The Morgan fingerprint density at radius 3 is 2.74 bits per heavy atom. The van der Waals surface area contributed by atoms with Gasteiger partial charge in [-0.1, -0.05) is 17.3 Å². The number of hydrogen-bond donors (Lipinski definition) is 0. The number of hydrogen-bond acceptors (Lipinski definition) is 5. The lowest BCUT2D eigenvalue weighted by Crippen LogP contribution is -2.36. The molecule has 0 atom stereocenters. The van der Waals surface area contributed by atoms with E-state index < -0.39 is 23.8 Å². The van der Waals surface area contributed by atoms with Crippen LogP contribution in [-0.2, 0) is 19.1 Å². The minimum absolute atomic E-state index is 0.0448. The van der Waals surface area contributed by atoms with Crippen LogP contribution in [0.25, 0.3) is 11.4 Å². The molecule has 10 heteroatoms. The van der Waals surface area contributed by atoms with Gasteiger partial charge in [-0.15, -0.1) is 11.3 Å². The standard InChI is InChI=1S/C17H11F4N3O2S/c18-12-4-2-1-3-9(12)15(25)24-6-5-13-10(7-24)11(8-27-13)14-22-16(26-23-14)17(19,20)21/h1-4,8H,5-7H2. The van der Waals surface area contributed by atoms with Crippen LogP contribution in [0.4, 0.5) is 17.6 Å². The molecule has 1 aromatic carbocycles. The third kappa shape index (κ3) is 3.20. The predicted octanol–water partition coefficient (Wildman–Crippen LogP) is 4.15. The molecular formula is C17H11F4N3O2S. The maximum absolute atomic E-state index is 13.9. The third-order valence-electron chi connectivity index (χ3n) is 4.24. The summed E-state index contributed by atoms with van der Waals surface area (Å²) in [5.74, 6) is -2.70. The number of halogens is 4. The van der Waals surface area contributed by atoms with Gasteiger partial charge in [-0.05, 0) is 24.1 Å². The van der Waals surface area contributed by atoms with Crippen molar-refractivity contribution >= 4 is 17.2 Å². The molecule has 0 unspecified atom stereocenters. The lowest BCUT2D eigenvalue weighted by molar-refractivity contribution is -0.159. The van der Waals surface area contributed by atoms with Crippen LogP contribution in [0.15, 0.2) is 34.2 Å². The van der Waals surface area contributed by atoms with Crippen molar-refractivity contribution in [3.63, 3.8) is 0 Å². The van der Waals surface area contributed by atoms with Gasteiger partial charge in [0.2, 0.25) is 5.82 Å². The first kappa shape index (κ1) is 17.7. The van der Waals surface area contributed by atoms with Crippen molar-refractivity contribution in [3.05, 3.63) is 57.4 Å². The van der Waals surface area contributed by atoms with Gasteiger partial charge >= 0.3 is 12.1 Å². The summed E-state index contributed by atoms with van der Waals surface area (Å²) in [6.45, 7) is 0.525. The average Bonchev–Trinajstić information content (AvgIpc) is 3.27. The maximum atomic E-state index is 13.9. The van der Waals surface area contributed by atoms with Crippen molar-refractivity contribution in [1.82, 2.24) is 15.0 Å². The highest BCUT2D eigenvalue weighted by molar-refractivity contribution is 7.10. The number of amides is 1.